The lowest BCUT2D eigenvalue weighted by Gasteiger charge is -2.34. The third kappa shape index (κ3) is 4.38. The molecule has 0 aliphatic carbocycles. The van der Waals surface area contributed by atoms with Crippen molar-refractivity contribution in [2.45, 2.75) is 6.18 Å². The van der Waals surface area contributed by atoms with Gasteiger partial charge in [0.05, 0.1) is 5.56 Å². The lowest BCUT2D eigenvalue weighted by atomic mass is 10.1. The normalized spacial score (nSPS) is 15.5. The van der Waals surface area contributed by atoms with Crippen molar-refractivity contribution in [2.75, 3.05) is 31.1 Å². The highest BCUT2D eigenvalue weighted by molar-refractivity contribution is 5.92. The predicted molar refractivity (Wildman–Crippen MR) is 91.3 cm³/mol. The number of carbonyl (C=O) groups is 1. The molecule has 3 rings (SSSR count). The first-order valence-electron chi connectivity index (χ1n) is 8.10. The van der Waals surface area contributed by atoms with Gasteiger partial charge in [0.25, 0.3) is 0 Å². The lowest BCUT2D eigenvalue weighted by Crippen LogP contribution is -2.48. The van der Waals surface area contributed by atoms with Crippen LogP contribution in [0.2, 0.25) is 0 Å². The van der Waals surface area contributed by atoms with Gasteiger partial charge >= 0.3 is 6.18 Å². The first kappa shape index (κ1) is 17.9. The number of anilines is 1. The molecule has 0 saturated carbocycles. The number of halogens is 3. The molecule has 1 aliphatic heterocycles. The number of hydrogen-bond acceptors (Lipinski definition) is 4. The third-order valence-corrected chi connectivity index (χ3v) is 4.06. The van der Waals surface area contributed by atoms with Crippen LogP contribution >= 0.6 is 0 Å². The highest BCUT2D eigenvalue weighted by Crippen LogP contribution is 2.29. The van der Waals surface area contributed by atoms with Crippen LogP contribution in [-0.4, -0.2) is 47.0 Å². The molecular weight excluding hydrogens is 345 g/mol. The van der Waals surface area contributed by atoms with Gasteiger partial charge in [0.1, 0.15) is 0 Å². The zero-order valence-electron chi connectivity index (χ0n) is 13.9. The smallest absolute Gasteiger partial charge is 0.337 e. The predicted octanol–water partition coefficient (Wildman–Crippen LogP) is 2.86. The van der Waals surface area contributed by atoms with Crippen LogP contribution in [0.15, 0.2) is 48.8 Å². The fourth-order valence-corrected chi connectivity index (χ4v) is 2.67. The second-order valence-corrected chi connectivity index (χ2v) is 5.82. The molecule has 1 fully saturated rings. The number of rotatable bonds is 3. The summed E-state index contributed by atoms with van der Waals surface area (Å²) in [5.74, 6) is 0.398. The SMILES string of the molecule is O=C(C=Cc1cccc(C(F)(F)F)c1)N1CCN(c2ncccn2)CC1. The molecule has 1 aromatic heterocycles. The van der Waals surface area contributed by atoms with Crippen molar-refractivity contribution in [1.29, 1.82) is 0 Å². The van der Waals surface area contributed by atoms with Crippen LogP contribution in [0, 0.1) is 0 Å². The van der Waals surface area contributed by atoms with Crippen LogP contribution in [0.5, 0.6) is 0 Å². The number of nitrogens with zero attached hydrogens (tertiary/aromatic N) is 4. The van der Waals surface area contributed by atoms with Crippen molar-refractivity contribution in [3.05, 3.63) is 59.9 Å². The van der Waals surface area contributed by atoms with E-state index in [-0.39, 0.29) is 5.91 Å². The van der Waals surface area contributed by atoms with E-state index in [0.29, 0.717) is 37.7 Å². The number of alkyl halides is 3. The maximum absolute atomic E-state index is 12.7. The molecule has 5 nitrogen and oxygen atoms in total. The Kier molecular flexibility index (Phi) is 5.20. The first-order chi connectivity index (χ1) is 12.4. The van der Waals surface area contributed by atoms with Crippen LogP contribution < -0.4 is 4.90 Å². The molecule has 8 heteroatoms. The van der Waals surface area contributed by atoms with Gasteiger partial charge in [0.2, 0.25) is 11.9 Å². The maximum atomic E-state index is 12.7. The second-order valence-electron chi connectivity index (χ2n) is 5.82. The zero-order chi connectivity index (χ0) is 18.6. The van der Waals surface area contributed by atoms with Gasteiger partial charge in [0, 0.05) is 44.6 Å². The summed E-state index contributed by atoms with van der Waals surface area (Å²) in [7, 11) is 0. The number of hydrogen-bond donors (Lipinski definition) is 0. The van der Waals surface area contributed by atoms with E-state index in [1.165, 1.54) is 24.3 Å². The number of piperazine rings is 1. The van der Waals surface area contributed by atoms with Gasteiger partial charge in [0.15, 0.2) is 0 Å². The fraction of sp³-hybridized carbons (Fsp3) is 0.278. The third-order valence-electron chi connectivity index (χ3n) is 4.06. The van der Waals surface area contributed by atoms with E-state index in [4.69, 9.17) is 0 Å². The van der Waals surface area contributed by atoms with E-state index in [1.54, 1.807) is 23.4 Å². The van der Waals surface area contributed by atoms with Crippen molar-refractivity contribution in [1.82, 2.24) is 14.9 Å². The molecule has 0 bridgehead atoms. The maximum Gasteiger partial charge on any atom is 0.416 e. The minimum Gasteiger partial charge on any atom is -0.337 e. The van der Waals surface area contributed by atoms with Crippen molar-refractivity contribution >= 4 is 17.9 Å². The number of benzene rings is 1. The molecule has 0 atom stereocenters. The van der Waals surface area contributed by atoms with E-state index >= 15 is 0 Å². The summed E-state index contributed by atoms with van der Waals surface area (Å²) in [5.41, 5.74) is -0.395. The minimum absolute atomic E-state index is 0.226. The molecule has 1 aromatic carbocycles. The summed E-state index contributed by atoms with van der Waals surface area (Å²) < 4.78 is 38.2. The summed E-state index contributed by atoms with van der Waals surface area (Å²) in [6.07, 6.45) is 1.65. The molecule has 136 valence electrons. The Morgan fingerprint density at radius 2 is 1.73 bits per heavy atom. The molecule has 1 aliphatic rings. The van der Waals surface area contributed by atoms with Gasteiger partial charge in [-0.25, -0.2) is 9.97 Å². The molecule has 0 N–H and O–H groups in total. The Morgan fingerprint density at radius 3 is 2.38 bits per heavy atom. The minimum atomic E-state index is -4.40. The molecular formula is C18H17F3N4O. The van der Waals surface area contributed by atoms with Gasteiger partial charge < -0.3 is 9.80 Å². The highest BCUT2D eigenvalue weighted by Gasteiger charge is 2.30. The Bertz CT molecular complexity index is 785. The van der Waals surface area contributed by atoms with Gasteiger partial charge in [-0.2, -0.15) is 13.2 Å². The Morgan fingerprint density at radius 1 is 1.04 bits per heavy atom. The number of carbonyl (C=O) groups excluding carboxylic acids is 1. The lowest BCUT2D eigenvalue weighted by molar-refractivity contribution is -0.137. The molecule has 0 radical (unpaired) electrons. The van der Waals surface area contributed by atoms with E-state index in [0.717, 1.165) is 12.1 Å². The van der Waals surface area contributed by atoms with Gasteiger partial charge in [-0.15, -0.1) is 0 Å². The standard InChI is InChI=1S/C18H17F3N4O/c19-18(20,21)15-4-1-3-14(13-15)5-6-16(26)24-9-11-25(12-10-24)17-22-7-2-8-23-17/h1-8,13H,9-12H2. The van der Waals surface area contributed by atoms with Gasteiger partial charge in [-0.3, -0.25) is 4.79 Å². The van der Waals surface area contributed by atoms with Crippen molar-refractivity contribution in [3.8, 4) is 0 Å². The largest absolute Gasteiger partial charge is 0.416 e. The fourth-order valence-electron chi connectivity index (χ4n) is 2.67. The quantitative estimate of drug-likeness (QED) is 0.788. The highest BCUT2D eigenvalue weighted by atomic mass is 19.4. The molecule has 0 unspecified atom stereocenters. The molecule has 2 aromatic rings. The Hall–Kier alpha value is -2.90. The summed E-state index contributed by atoms with van der Waals surface area (Å²) in [4.78, 5) is 24.3. The molecule has 1 amide bonds. The summed E-state index contributed by atoms with van der Waals surface area (Å²) in [6.45, 7) is 2.22. The zero-order valence-corrected chi connectivity index (χ0v) is 13.9. The summed E-state index contributed by atoms with van der Waals surface area (Å²) in [6, 6.07) is 6.62. The van der Waals surface area contributed by atoms with Crippen LogP contribution in [0.25, 0.3) is 6.08 Å². The van der Waals surface area contributed by atoms with Crippen LogP contribution in [0.1, 0.15) is 11.1 Å². The molecule has 2 heterocycles. The van der Waals surface area contributed by atoms with E-state index in [9.17, 15) is 18.0 Å². The van der Waals surface area contributed by atoms with Crippen LogP contribution in [0.3, 0.4) is 0 Å². The van der Waals surface area contributed by atoms with Crippen LogP contribution in [-0.2, 0) is 11.0 Å². The molecule has 0 spiro atoms. The van der Waals surface area contributed by atoms with Crippen molar-refractivity contribution < 1.29 is 18.0 Å². The Balaban J connectivity index is 1.58. The van der Waals surface area contributed by atoms with Crippen LogP contribution in [0.4, 0.5) is 19.1 Å². The Labute approximate surface area is 148 Å². The number of amides is 1. The van der Waals surface area contributed by atoms with Gasteiger partial charge in [-0.05, 0) is 29.8 Å². The summed E-state index contributed by atoms with van der Waals surface area (Å²) >= 11 is 0. The van der Waals surface area contributed by atoms with Gasteiger partial charge in [-0.1, -0.05) is 12.1 Å². The first-order valence-corrected chi connectivity index (χ1v) is 8.10. The summed E-state index contributed by atoms with van der Waals surface area (Å²) in [5, 5.41) is 0. The van der Waals surface area contributed by atoms with E-state index < -0.39 is 11.7 Å². The average molecular weight is 362 g/mol. The van der Waals surface area contributed by atoms with E-state index in [2.05, 4.69) is 9.97 Å². The van der Waals surface area contributed by atoms with E-state index in [1.807, 2.05) is 4.90 Å². The van der Waals surface area contributed by atoms with Crippen molar-refractivity contribution in [2.24, 2.45) is 0 Å². The second kappa shape index (κ2) is 7.55. The monoisotopic (exact) mass is 362 g/mol. The number of aromatic nitrogens is 2. The molecule has 1 saturated heterocycles. The average Bonchev–Trinajstić information content (AvgIpc) is 2.66. The topological polar surface area (TPSA) is 49.3 Å². The molecule has 26 heavy (non-hydrogen) atoms. The van der Waals surface area contributed by atoms with Crippen molar-refractivity contribution in [3.63, 3.8) is 0 Å².